The molecule has 32 heavy (non-hydrogen) atoms. The molecule has 1 heterocycles. The van der Waals surface area contributed by atoms with Gasteiger partial charge in [-0.05, 0) is 36.8 Å². The number of carbonyl (C=O) groups is 1. The van der Waals surface area contributed by atoms with Crippen LogP contribution in [0.15, 0.2) is 53.4 Å². The number of sulfonamides is 1. The fourth-order valence-electron chi connectivity index (χ4n) is 3.08. The van der Waals surface area contributed by atoms with Crippen molar-refractivity contribution < 1.29 is 22.9 Å². The molecule has 0 saturated heterocycles. The van der Waals surface area contributed by atoms with E-state index in [2.05, 4.69) is 4.98 Å². The summed E-state index contributed by atoms with van der Waals surface area (Å²) in [6.07, 6.45) is 2.61. The van der Waals surface area contributed by atoms with Crippen LogP contribution in [-0.2, 0) is 32.7 Å². The zero-order chi connectivity index (χ0) is 23.5. The average Bonchev–Trinajstić information content (AvgIpc) is 3.12. The first-order chi connectivity index (χ1) is 15.1. The number of benzene rings is 2. The number of fused-ring (bicyclic) bond motifs is 1. The van der Waals surface area contributed by atoms with E-state index in [0.29, 0.717) is 23.4 Å². The van der Waals surface area contributed by atoms with E-state index in [1.54, 1.807) is 12.1 Å². The number of esters is 1. The van der Waals surface area contributed by atoms with Gasteiger partial charge in [-0.25, -0.2) is 22.5 Å². The van der Waals surface area contributed by atoms with Gasteiger partial charge in [0.05, 0.1) is 20.9 Å². The summed E-state index contributed by atoms with van der Waals surface area (Å²) in [5.74, 6) is -0.166. The van der Waals surface area contributed by atoms with E-state index in [1.165, 1.54) is 56.6 Å². The maximum absolute atomic E-state index is 12.4. The van der Waals surface area contributed by atoms with Crippen LogP contribution >= 0.6 is 0 Å². The van der Waals surface area contributed by atoms with Crippen molar-refractivity contribution >= 4 is 38.8 Å². The van der Waals surface area contributed by atoms with E-state index < -0.39 is 20.9 Å². The zero-order valence-corrected chi connectivity index (χ0v) is 18.6. The molecule has 0 unspecified atom stereocenters. The van der Waals surface area contributed by atoms with E-state index in [0.717, 1.165) is 9.82 Å². The molecule has 0 bridgehead atoms. The van der Waals surface area contributed by atoms with E-state index >= 15 is 0 Å². The Morgan fingerprint density at radius 1 is 1.25 bits per heavy atom. The summed E-state index contributed by atoms with van der Waals surface area (Å²) in [6.45, 7) is 2.34. The summed E-state index contributed by atoms with van der Waals surface area (Å²) < 4.78 is 33.0. The third-order valence-electron chi connectivity index (χ3n) is 4.73. The van der Waals surface area contributed by atoms with Crippen molar-refractivity contribution in [3.8, 4) is 0 Å². The highest BCUT2D eigenvalue weighted by molar-refractivity contribution is 7.89. The van der Waals surface area contributed by atoms with Crippen molar-refractivity contribution in [3.63, 3.8) is 0 Å². The molecule has 0 radical (unpaired) electrons. The Hall–Kier alpha value is -3.57. The molecule has 0 amide bonds. The van der Waals surface area contributed by atoms with E-state index in [-0.39, 0.29) is 17.2 Å². The van der Waals surface area contributed by atoms with Crippen molar-refractivity contribution in [2.75, 3.05) is 14.1 Å². The molecule has 2 aromatic carbocycles. The average molecular weight is 458 g/mol. The Morgan fingerprint density at radius 2 is 2.00 bits per heavy atom. The molecule has 0 N–H and O–H groups in total. The first-order valence-corrected chi connectivity index (χ1v) is 11.1. The van der Waals surface area contributed by atoms with E-state index in [4.69, 9.17) is 4.74 Å². The number of nitro groups is 1. The Bertz CT molecular complexity index is 1310. The molecule has 0 atom stereocenters. The second kappa shape index (κ2) is 9.28. The van der Waals surface area contributed by atoms with Crippen LogP contribution in [0, 0.1) is 10.1 Å². The van der Waals surface area contributed by atoms with Crippen molar-refractivity contribution in [2.45, 2.75) is 25.0 Å². The topological polar surface area (TPSA) is 125 Å². The maximum atomic E-state index is 12.4. The molecular formula is C21H22N4O6S. The largest absolute Gasteiger partial charge is 0.454 e. The van der Waals surface area contributed by atoms with Gasteiger partial charge in [-0.15, -0.1) is 0 Å². The molecule has 168 valence electrons. The number of non-ortho nitro benzene ring substituents is 1. The molecule has 1 aromatic heterocycles. The highest BCUT2D eigenvalue weighted by Crippen LogP contribution is 2.22. The van der Waals surface area contributed by atoms with Gasteiger partial charge in [0, 0.05) is 38.8 Å². The number of rotatable bonds is 8. The van der Waals surface area contributed by atoms with Crippen LogP contribution in [0.4, 0.5) is 5.69 Å². The van der Waals surface area contributed by atoms with Gasteiger partial charge in [0.1, 0.15) is 12.4 Å². The number of aromatic nitrogens is 2. The predicted octanol–water partition coefficient (Wildman–Crippen LogP) is 2.97. The molecular weight excluding hydrogens is 436 g/mol. The second-order valence-corrected chi connectivity index (χ2v) is 9.16. The lowest BCUT2D eigenvalue weighted by Gasteiger charge is -2.11. The van der Waals surface area contributed by atoms with Gasteiger partial charge in [0.25, 0.3) is 5.69 Å². The van der Waals surface area contributed by atoms with Crippen LogP contribution in [0.2, 0.25) is 0 Å². The van der Waals surface area contributed by atoms with Gasteiger partial charge in [-0.3, -0.25) is 10.1 Å². The number of nitrogens with zero attached hydrogens (tertiary/aromatic N) is 4. The molecule has 0 aliphatic carbocycles. The number of ether oxygens (including phenoxy) is 1. The summed E-state index contributed by atoms with van der Waals surface area (Å²) in [5, 5.41) is 10.8. The number of carbonyl (C=O) groups excluding carboxylic acids is 1. The fraction of sp³-hybridized carbons (Fsp3) is 0.238. The SMILES string of the molecule is CCn1c(COC(=O)/C=C/c2cccc([N+](=O)[O-])c2)nc2cc(S(=O)(=O)N(C)C)ccc21. The lowest BCUT2D eigenvalue weighted by atomic mass is 10.2. The van der Waals surface area contributed by atoms with Crippen LogP contribution in [0.3, 0.4) is 0 Å². The lowest BCUT2D eigenvalue weighted by molar-refractivity contribution is -0.384. The van der Waals surface area contributed by atoms with Gasteiger partial charge in [-0.2, -0.15) is 0 Å². The number of imidazole rings is 1. The second-order valence-electron chi connectivity index (χ2n) is 7.00. The van der Waals surface area contributed by atoms with Gasteiger partial charge in [-0.1, -0.05) is 12.1 Å². The summed E-state index contributed by atoms with van der Waals surface area (Å²) in [6, 6.07) is 10.5. The third-order valence-corrected chi connectivity index (χ3v) is 6.54. The van der Waals surface area contributed by atoms with Crippen LogP contribution in [0.1, 0.15) is 18.3 Å². The van der Waals surface area contributed by atoms with Crippen molar-refractivity contribution in [2.24, 2.45) is 0 Å². The number of hydrogen-bond donors (Lipinski definition) is 0. The number of nitro benzene ring substituents is 1. The van der Waals surface area contributed by atoms with Crippen LogP contribution < -0.4 is 0 Å². The monoisotopic (exact) mass is 458 g/mol. The summed E-state index contributed by atoms with van der Waals surface area (Å²) >= 11 is 0. The van der Waals surface area contributed by atoms with E-state index in [1.807, 2.05) is 11.5 Å². The quantitative estimate of drug-likeness (QED) is 0.220. The molecule has 0 spiro atoms. The zero-order valence-electron chi connectivity index (χ0n) is 17.8. The molecule has 0 aliphatic rings. The van der Waals surface area contributed by atoms with Crippen molar-refractivity contribution in [1.29, 1.82) is 0 Å². The van der Waals surface area contributed by atoms with Crippen LogP contribution in [-0.4, -0.2) is 47.3 Å². The minimum atomic E-state index is -3.60. The number of aryl methyl sites for hydroxylation is 1. The van der Waals surface area contributed by atoms with Gasteiger partial charge in [0.2, 0.25) is 10.0 Å². The molecule has 0 fully saturated rings. The van der Waals surface area contributed by atoms with Gasteiger partial charge >= 0.3 is 5.97 Å². The fourth-order valence-corrected chi connectivity index (χ4v) is 4.01. The molecule has 3 aromatic rings. The Kier molecular flexibility index (Phi) is 6.70. The molecule has 0 saturated carbocycles. The summed E-state index contributed by atoms with van der Waals surface area (Å²) in [4.78, 5) is 27.0. The van der Waals surface area contributed by atoms with Crippen LogP contribution in [0.25, 0.3) is 17.1 Å². The molecule has 0 aliphatic heterocycles. The Morgan fingerprint density at radius 3 is 2.66 bits per heavy atom. The normalized spacial score (nSPS) is 12.0. The summed E-state index contributed by atoms with van der Waals surface area (Å²) in [5.41, 5.74) is 1.62. The first-order valence-electron chi connectivity index (χ1n) is 9.64. The van der Waals surface area contributed by atoms with Crippen molar-refractivity contribution in [1.82, 2.24) is 13.9 Å². The molecule has 10 nitrogen and oxygen atoms in total. The Labute approximate surface area is 184 Å². The molecule has 3 rings (SSSR count). The standard InChI is InChI=1S/C21H22N4O6S/c1-4-24-19-10-9-17(32(29,30)23(2)3)13-18(19)22-20(24)14-31-21(26)11-8-15-6-5-7-16(12-15)25(27)28/h5-13H,4,14H2,1-3H3/b11-8+. The third kappa shape index (κ3) is 4.84. The van der Waals surface area contributed by atoms with E-state index in [9.17, 15) is 23.3 Å². The minimum absolute atomic E-state index is 0.0761. The maximum Gasteiger partial charge on any atom is 0.331 e. The number of hydrogen-bond acceptors (Lipinski definition) is 7. The predicted molar refractivity (Wildman–Crippen MR) is 118 cm³/mol. The smallest absolute Gasteiger partial charge is 0.331 e. The van der Waals surface area contributed by atoms with Crippen molar-refractivity contribution in [3.05, 3.63) is 70.0 Å². The lowest BCUT2D eigenvalue weighted by Crippen LogP contribution is -2.22. The van der Waals surface area contributed by atoms with Crippen LogP contribution in [0.5, 0.6) is 0 Å². The van der Waals surface area contributed by atoms with Gasteiger partial charge in [0.15, 0.2) is 0 Å². The van der Waals surface area contributed by atoms with Gasteiger partial charge < -0.3 is 9.30 Å². The highest BCUT2D eigenvalue weighted by Gasteiger charge is 2.19. The highest BCUT2D eigenvalue weighted by atomic mass is 32.2. The first kappa shape index (κ1) is 23.1. The minimum Gasteiger partial charge on any atom is -0.454 e. The summed E-state index contributed by atoms with van der Waals surface area (Å²) in [7, 11) is -0.690. The molecule has 11 heteroatoms. The Balaban J connectivity index is 1.77.